The molecule has 0 aromatic heterocycles. The monoisotopic (exact) mass is 238 g/mol. The molecule has 0 aliphatic carbocycles. The SMILES string of the molecule is Cc1ccc(SCC(C)(C)C(=O)O)cc1C. The van der Waals surface area contributed by atoms with Crippen molar-refractivity contribution >= 4 is 17.7 Å². The number of aryl methyl sites for hydroxylation is 2. The van der Waals surface area contributed by atoms with Gasteiger partial charge in [-0.25, -0.2) is 0 Å². The first-order valence-corrected chi connectivity index (χ1v) is 6.25. The van der Waals surface area contributed by atoms with Gasteiger partial charge in [-0.3, -0.25) is 4.79 Å². The van der Waals surface area contributed by atoms with Crippen LogP contribution in [0.2, 0.25) is 0 Å². The Morgan fingerprint density at radius 3 is 2.44 bits per heavy atom. The Bertz CT molecular complexity index is 397. The first kappa shape index (κ1) is 13.1. The number of carboxylic acids is 1. The number of rotatable bonds is 4. The molecule has 3 heteroatoms. The Balaban J connectivity index is 2.68. The molecule has 0 saturated carbocycles. The molecule has 1 N–H and O–H groups in total. The van der Waals surface area contributed by atoms with Gasteiger partial charge in [-0.2, -0.15) is 0 Å². The summed E-state index contributed by atoms with van der Waals surface area (Å²) in [5.41, 5.74) is 1.84. The summed E-state index contributed by atoms with van der Waals surface area (Å²) in [6.45, 7) is 7.65. The van der Waals surface area contributed by atoms with Crippen molar-refractivity contribution in [3.63, 3.8) is 0 Å². The minimum atomic E-state index is -0.746. The third-order valence-electron chi connectivity index (χ3n) is 2.66. The highest BCUT2D eigenvalue weighted by Crippen LogP contribution is 2.28. The van der Waals surface area contributed by atoms with Crippen LogP contribution in [0, 0.1) is 19.3 Å². The molecule has 1 rings (SSSR count). The van der Waals surface area contributed by atoms with Crippen LogP contribution in [0.25, 0.3) is 0 Å². The van der Waals surface area contributed by atoms with Gasteiger partial charge in [0.25, 0.3) is 0 Å². The van der Waals surface area contributed by atoms with E-state index in [1.54, 1.807) is 25.6 Å². The Labute approximate surface area is 101 Å². The number of hydrogen-bond donors (Lipinski definition) is 1. The molecule has 0 radical (unpaired) electrons. The third kappa shape index (κ3) is 3.27. The van der Waals surface area contributed by atoms with Crippen LogP contribution in [0.1, 0.15) is 25.0 Å². The van der Waals surface area contributed by atoms with Crippen LogP contribution >= 0.6 is 11.8 Å². The molecule has 0 fully saturated rings. The second-order valence-electron chi connectivity index (χ2n) is 4.72. The molecule has 1 aromatic rings. The summed E-state index contributed by atoms with van der Waals surface area (Å²) in [6, 6.07) is 6.23. The molecule has 0 bridgehead atoms. The Hall–Kier alpha value is -0.960. The first-order valence-electron chi connectivity index (χ1n) is 5.26. The molecule has 0 spiro atoms. The van der Waals surface area contributed by atoms with Crippen molar-refractivity contribution in [3.8, 4) is 0 Å². The number of hydrogen-bond acceptors (Lipinski definition) is 2. The Kier molecular flexibility index (Phi) is 4.03. The third-order valence-corrected chi connectivity index (χ3v) is 4.11. The van der Waals surface area contributed by atoms with Crippen molar-refractivity contribution in [1.82, 2.24) is 0 Å². The highest BCUT2D eigenvalue weighted by molar-refractivity contribution is 7.99. The van der Waals surface area contributed by atoms with Crippen LogP contribution in [-0.2, 0) is 4.79 Å². The first-order chi connectivity index (χ1) is 7.33. The maximum atomic E-state index is 11.0. The van der Waals surface area contributed by atoms with Gasteiger partial charge in [0.1, 0.15) is 0 Å². The summed E-state index contributed by atoms with van der Waals surface area (Å²) in [5, 5.41) is 9.00. The fraction of sp³-hybridized carbons (Fsp3) is 0.462. The van der Waals surface area contributed by atoms with Crippen LogP contribution in [0.3, 0.4) is 0 Å². The lowest BCUT2D eigenvalue weighted by Gasteiger charge is -2.18. The molecule has 88 valence electrons. The Morgan fingerprint density at radius 1 is 1.31 bits per heavy atom. The molecule has 0 amide bonds. The van der Waals surface area contributed by atoms with Crippen molar-refractivity contribution in [1.29, 1.82) is 0 Å². The zero-order chi connectivity index (χ0) is 12.3. The lowest BCUT2D eigenvalue weighted by molar-refractivity contribution is -0.145. The molecular formula is C13H18O2S. The molecule has 0 heterocycles. The maximum absolute atomic E-state index is 11.0. The van der Waals surface area contributed by atoms with Crippen molar-refractivity contribution in [2.45, 2.75) is 32.6 Å². The highest BCUT2D eigenvalue weighted by Gasteiger charge is 2.26. The summed E-state index contributed by atoms with van der Waals surface area (Å²) in [4.78, 5) is 12.1. The molecule has 2 nitrogen and oxygen atoms in total. The van der Waals surface area contributed by atoms with Crippen LogP contribution in [0.4, 0.5) is 0 Å². The minimum Gasteiger partial charge on any atom is -0.481 e. The number of thioether (sulfide) groups is 1. The van der Waals surface area contributed by atoms with Crippen LogP contribution in [-0.4, -0.2) is 16.8 Å². The van der Waals surface area contributed by atoms with Gasteiger partial charge in [-0.1, -0.05) is 6.07 Å². The zero-order valence-corrected chi connectivity index (χ0v) is 11.0. The van der Waals surface area contributed by atoms with E-state index in [1.807, 2.05) is 6.07 Å². The average molecular weight is 238 g/mol. The summed E-state index contributed by atoms with van der Waals surface area (Å²) >= 11 is 1.60. The van der Waals surface area contributed by atoms with E-state index in [0.29, 0.717) is 5.75 Å². The van der Waals surface area contributed by atoms with Gasteiger partial charge in [0.15, 0.2) is 0 Å². The van der Waals surface area contributed by atoms with Crippen molar-refractivity contribution in [2.24, 2.45) is 5.41 Å². The molecule has 1 aromatic carbocycles. The predicted molar refractivity (Wildman–Crippen MR) is 68.1 cm³/mol. The quantitative estimate of drug-likeness (QED) is 0.816. The van der Waals surface area contributed by atoms with Gasteiger partial charge in [0, 0.05) is 10.6 Å². The molecular weight excluding hydrogens is 220 g/mol. The van der Waals surface area contributed by atoms with Gasteiger partial charge in [0.2, 0.25) is 0 Å². The van der Waals surface area contributed by atoms with E-state index in [9.17, 15) is 4.79 Å². The lowest BCUT2D eigenvalue weighted by atomic mass is 9.97. The predicted octanol–water partition coefficient (Wildman–Crippen LogP) is 3.51. The summed E-state index contributed by atoms with van der Waals surface area (Å²) in [6.07, 6.45) is 0. The topological polar surface area (TPSA) is 37.3 Å². The number of aliphatic carboxylic acids is 1. The highest BCUT2D eigenvalue weighted by atomic mass is 32.2. The second kappa shape index (κ2) is 4.91. The molecule has 16 heavy (non-hydrogen) atoms. The fourth-order valence-electron chi connectivity index (χ4n) is 1.13. The van der Waals surface area contributed by atoms with Crippen LogP contribution in [0.5, 0.6) is 0 Å². The van der Waals surface area contributed by atoms with E-state index < -0.39 is 11.4 Å². The minimum absolute atomic E-state index is 0.588. The Morgan fingerprint density at radius 2 is 1.94 bits per heavy atom. The van der Waals surface area contributed by atoms with Crippen LogP contribution < -0.4 is 0 Å². The van der Waals surface area contributed by atoms with Crippen molar-refractivity contribution in [2.75, 3.05) is 5.75 Å². The van der Waals surface area contributed by atoms with Gasteiger partial charge in [-0.15, -0.1) is 11.8 Å². The van der Waals surface area contributed by atoms with Gasteiger partial charge < -0.3 is 5.11 Å². The van der Waals surface area contributed by atoms with E-state index in [4.69, 9.17) is 5.11 Å². The fourth-order valence-corrected chi connectivity index (χ4v) is 2.20. The maximum Gasteiger partial charge on any atom is 0.309 e. The van der Waals surface area contributed by atoms with Crippen molar-refractivity contribution < 1.29 is 9.90 Å². The van der Waals surface area contributed by atoms with Crippen molar-refractivity contribution in [3.05, 3.63) is 29.3 Å². The molecule has 0 saturated heterocycles. The van der Waals surface area contributed by atoms with E-state index >= 15 is 0 Å². The van der Waals surface area contributed by atoms with Gasteiger partial charge >= 0.3 is 5.97 Å². The molecule has 0 unspecified atom stereocenters. The van der Waals surface area contributed by atoms with E-state index in [1.165, 1.54) is 11.1 Å². The molecule has 0 aliphatic rings. The number of carbonyl (C=O) groups is 1. The van der Waals surface area contributed by atoms with E-state index in [2.05, 4.69) is 26.0 Å². The van der Waals surface area contributed by atoms with Crippen LogP contribution in [0.15, 0.2) is 23.1 Å². The summed E-state index contributed by atoms with van der Waals surface area (Å²) < 4.78 is 0. The van der Waals surface area contributed by atoms with E-state index in [0.717, 1.165) is 4.90 Å². The zero-order valence-electron chi connectivity index (χ0n) is 10.2. The van der Waals surface area contributed by atoms with Gasteiger partial charge in [0.05, 0.1) is 5.41 Å². The second-order valence-corrected chi connectivity index (χ2v) is 5.77. The average Bonchev–Trinajstić information content (AvgIpc) is 2.20. The summed E-state index contributed by atoms with van der Waals surface area (Å²) in [5.74, 6) is -0.158. The number of carboxylic acid groups (broad SMARTS) is 1. The smallest absolute Gasteiger partial charge is 0.309 e. The standard InChI is InChI=1S/C13H18O2S/c1-9-5-6-11(7-10(9)2)16-8-13(3,4)12(14)15/h5-7H,8H2,1-4H3,(H,14,15). The largest absolute Gasteiger partial charge is 0.481 e. The van der Waals surface area contributed by atoms with Gasteiger partial charge in [-0.05, 0) is 51.0 Å². The lowest BCUT2D eigenvalue weighted by Crippen LogP contribution is -2.26. The number of benzene rings is 1. The normalized spacial score (nSPS) is 11.5. The summed E-state index contributed by atoms with van der Waals surface area (Å²) in [7, 11) is 0. The van der Waals surface area contributed by atoms with E-state index in [-0.39, 0.29) is 0 Å². The molecule has 0 atom stereocenters. The molecule has 0 aliphatic heterocycles.